The van der Waals surface area contributed by atoms with E-state index >= 15 is 0 Å². The van der Waals surface area contributed by atoms with Gasteiger partial charge in [-0.3, -0.25) is 19.7 Å². The van der Waals surface area contributed by atoms with Crippen molar-refractivity contribution in [1.82, 2.24) is 0 Å². The third-order valence-corrected chi connectivity index (χ3v) is 2.39. The zero-order valence-corrected chi connectivity index (χ0v) is 11.7. The Morgan fingerprint density at radius 2 is 2.00 bits per heavy atom. The first-order valence-electron chi connectivity index (χ1n) is 6.10. The van der Waals surface area contributed by atoms with Gasteiger partial charge < -0.3 is 14.2 Å². The summed E-state index contributed by atoms with van der Waals surface area (Å²) < 4.78 is 14.8. The van der Waals surface area contributed by atoms with E-state index < -0.39 is 16.7 Å². The lowest BCUT2D eigenvalue weighted by atomic mass is 10.2. The minimum Gasteiger partial charge on any atom is -0.493 e. The molecule has 1 aromatic carbocycles. The van der Waals surface area contributed by atoms with Crippen molar-refractivity contribution in [2.45, 2.75) is 13.3 Å². The highest BCUT2D eigenvalue weighted by molar-refractivity contribution is 5.96. The Morgan fingerprint density at radius 1 is 1.29 bits per heavy atom. The van der Waals surface area contributed by atoms with Crippen LogP contribution < -0.4 is 9.47 Å². The summed E-state index contributed by atoms with van der Waals surface area (Å²) in [7, 11) is 1.33. The highest BCUT2D eigenvalue weighted by atomic mass is 16.6. The standard InChI is InChI=1S/C13H15NO7/c1-3-20-13(16)7-10(15)8-21-11-5-4-9(14(17)18)6-12(11)19-2/h4-6H,3,7-8H2,1-2H3. The molecular formula is C13H15NO7. The van der Waals surface area contributed by atoms with E-state index in [1.54, 1.807) is 6.92 Å². The Kier molecular flexibility index (Phi) is 6.12. The number of benzene rings is 1. The molecule has 0 bridgehead atoms. The largest absolute Gasteiger partial charge is 0.493 e. The van der Waals surface area contributed by atoms with Crippen LogP contribution >= 0.6 is 0 Å². The number of hydrogen-bond donors (Lipinski definition) is 0. The number of non-ortho nitro benzene ring substituents is 1. The minimum absolute atomic E-state index is 0.133. The van der Waals surface area contributed by atoms with Gasteiger partial charge in [-0.25, -0.2) is 0 Å². The van der Waals surface area contributed by atoms with E-state index in [-0.39, 0.29) is 36.8 Å². The Hall–Kier alpha value is -2.64. The Balaban J connectivity index is 2.64. The number of methoxy groups -OCH3 is 1. The fraction of sp³-hybridized carbons (Fsp3) is 0.385. The van der Waals surface area contributed by atoms with Gasteiger partial charge in [0.2, 0.25) is 0 Å². The van der Waals surface area contributed by atoms with Crippen LogP contribution in [0, 0.1) is 10.1 Å². The summed E-state index contributed by atoms with van der Waals surface area (Å²) in [5.41, 5.74) is -0.156. The van der Waals surface area contributed by atoms with Crippen LogP contribution in [0.25, 0.3) is 0 Å². The van der Waals surface area contributed by atoms with Gasteiger partial charge in [-0.2, -0.15) is 0 Å². The van der Waals surface area contributed by atoms with E-state index in [0.29, 0.717) is 0 Å². The molecule has 0 saturated heterocycles. The lowest BCUT2D eigenvalue weighted by Crippen LogP contribution is -2.17. The molecule has 0 saturated carbocycles. The van der Waals surface area contributed by atoms with Crippen LogP contribution in [0.1, 0.15) is 13.3 Å². The monoisotopic (exact) mass is 297 g/mol. The number of hydrogen-bond acceptors (Lipinski definition) is 7. The minimum atomic E-state index is -0.623. The zero-order chi connectivity index (χ0) is 15.8. The molecule has 0 N–H and O–H groups in total. The van der Waals surface area contributed by atoms with E-state index in [1.165, 1.54) is 25.3 Å². The van der Waals surface area contributed by atoms with E-state index in [1.807, 2.05) is 0 Å². The number of nitro benzene ring substituents is 1. The fourth-order valence-corrected chi connectivity index (χ4v) is 1.47. The predicted octanol–water partition coefficient (Wildman–Crippen LogP) is 1.50. The summed E-state index contributed by atoms with van der Waals surface area (Å²) in [6.07, 6.45) is -0.386. The van der Waals surface area contributed by atoms with E-state index in [4.69, 9.17) is 9.47 Å². The van der Waals surface area contributed by atoms with Crippen LogP contribution in [-0.2, 0) is 14.3 Å². The molecule has 0 amide bonds. The van der Waals surface area contributed by atoms with Crippen LogP contribution in [0.3, 0.4) is 0 Å². The van der Waals surface area contributed by atoms with E-state index in [9.17, 15) is 19.7 Å². The quantitative estimate of drug-likeness (QED) is 0.310. The van der Waals surface area contributed by atoms with Gasteiger partial charge in [-0.15, -0.1) is 0 Å². The molecule has 1 aromatic rings. The fourth-order valence-electron chi connectivity index (χ4n) is 1.47. The van der Waals surface area contributed by atoms with Crippen molar-refractivity contribution in [3.05, 3.63) is 28.3 Å². The van der Waals surface area contributed by atoms with E-state index in [2.05, 4.69) is 4.74 Å². The molecule has 0 aliphatic heterocycles. The first kappa shape index (κ1) is 16.4. The van der Waals surface area contributed by atoms with Gasteiger partial charge in [0, 0.05) is 6.07 Å². The summed E-state index contributed by atoms with van der Waals surface area (Å²) in [5.74, 6) is -0.774. The van der Waals surface area contributed by atoms with Gasteiger partial charge >= 0.3 is 5.97 Å². The molecular weight excluding hydrogens is 282 g/mol. The SMILES string of the molecule is CCOC(=O)CC(=O)COc1ccc([N+](=O)[O-])cc1OC. The van der Waals surface area contributed by atoms with Crippen molar-refractivity contribution in [2.75, 3.05) is 20.3 Å². The van der Waals surface area contributed by atoms with Crippen LogP contribution in [-0.4, -0.2) is 37.0 Å². The average molecular weight is 297 g/mol. The topological polar surface area (TPSA) is 105 Å². The molecule has 0 spiro atoms. The molecule has 1 rings (SSSR count). The number of ether oxygens (including phenoxy) is 3. The predicted molar refractivity (Wildman–Crippen MR) is 71.4 cm³/mol. The smallest absolute Gasteiger partial charge is 0.313 e. The number of Topliss-reactive ketones (excluding diaryl/α,β-unsaturated/α-hetero) is 1. The van der Waals surface area contributed by atoms with Crippen LogP contribution in [0.15, 0.2) is 18.2 Å². The van der Waals surface area contributed by atoms with Crippen LogP contribution in [0.2, 0.25) is 0 Å². The average Bonchev–Trinajstić information content (AvgIpc) is 2.44. The van der Waals surface area contributed by atoms with E-state index in [0.717, 1.165) is 0 Å². The molecule has 0 fully saturated rings. The molecule has 0 atom stereocenters. The summed E-state index contributed by atoms with van der Waals surface area (Å²) in [6.45, 7) is 1.48. The number of carbonyl (C=O) groups excluding carboxylic acids is 2. The van der Waals surface area contributed by atoms with Crippen molar-refractivity contribution < 1.29 is 28.7 Å². The molecule has 114 valence electrons. The third-order valence-electron chi connectivity index (χ3n) is 2.39. The number of esters is 1. The van der Waals surface area contributed by atoms with Gasteiger partial charge in [0.05, 0.1) is 24.7 Å². The van der Waals surface area contributed by atoms with Crippen molar-refractivity contribution in [3.8, 4) is 11.5 Å². The number of nitrogens with zero attached hydrogens (tertiary/aromatic N) is 1. The maximum absolute atomic E-state index is 11.5. The highest BCUT2D eigenvalue weighted by Gasteiger charge is 2.15. The number of rotatable bonds is 8. The molecule has 0 radical (unpaired) electrons. The van der Waals surface area contributed by atoms with Gasteiger partial charge in [-0.05, 0) is 13.0 Å². The van der Waals surface area contributed by atoms with Gasteiger partial charge in [0.1, 0.15) is 13.0 Å². The lowest BCUT2D eigenvalue weighted by Gasteiger charge is -2.09. The second kappa shape index (κ2) is 7.83. The van der Waals surface area contributed by atoms with Crippen LogP contribution in [0.5, 0.6) is 11.5 Å². The summed E-state index contributed by atoms with van der Waals surface area (Å²) in [4.78, 5) is 32.7. The maximum Gasteiger partial charge on any atom is 0.313 e. The summed E-state index contributed by atoms with van der Waals surface area (Å²) >= 11 is 0. The normalized spacial score (nSPS) is 9.81. The summed E-state index contributed by atoms with van der Waals surface area (Å²) in [5, 5.41) is 10.6. The molecule has 8 heteroatoms. The Bertz CT molecular complexity index is 541. The van der Waals surface area contributed by atoms with Crippen molar-refractivity contribution >= 4 is 17.4 Å². The van der Waals surface area contributed by atoms with Crippen molar-refractivity contribution in [2.24, 2.45) is 0 Å². The van der Waals surface area contributed by atoms with Crippen molar-refractivity contribution in [3.63, 3.8) is 0 Å². The number of ketones is 1. The maximum atomic E-state index is 11.5. The first-order chi connectivity index (χ1) is 9.97. The molecule has 0 aliphatic carbocycles. The molecule has 0 unspecified atom stereocenters. The first-order valence-corrected chi connectivity index (χ1v) is 6.10. The zero-order valence-electron chi connectivity index (χ0n) is 11.7. The number of nitro groups is 1. The Morgan fingerprint density at radius 3 is 2.57 bits per heavy atom. The second-order valence-corrected chi connectivity index (χ2v) is 3.90. The third kappa shape index (κ3) is 5.09. The summed E-state index contributed by atoms with van der Waals surface area (Å²) in [6, 6.07) is 3.74. The van der Waals surface area contributed by atoms with Crippen molar-refractivity contribution in [1.29, 1.82) is 0 Å². The van der Waals surface area contributed by atoms with Crippen LogP contribution in [0.4, 0.5) is 5.69 Å². The van der Waals surface area contributed by atoms with Gasteiger partial charge in [0.25, 0.3) is 5.69 Å². The lowest BCUT2D eigenvalue weighted by molar-refractivity contribution is -0.384. The molecule has 21 heavy (non-hydrogen) atoms. The second-order valence-electron chi connectivity index (χ2n) is 3.90. The van der Waals surface area contributed by atoms with Gasteiger partial charge in [0.15, 0.2) is 17.3 Å². The molecule has 0 heterocycles. The van der Waals surface area contributed by atoms with Gasteiger partial charge in [-0.1, -0.05) is 0 Å². The number of carbonyl (C=O) groups is 2. The molecule has 8 nitrogen and oxygen atoms in total. The molecule has 0 aromatic heterocycles. The highest BCUT2D eigenvalue weighted by Crippen LogP contribution is 2.31. The molecule has 0 aliphatic rings. The Labute approximate surface area is 120 Å².